The van der Waals surface area contributed by atoms with E-state index in [4.69, 9.17) is 9.97 Å². The first-order valence-electron chi connectivity index (χ1n) is 15.6. The second-order valence-corrected chi connectivity index (χ2v) is 11.8. The first-order chi connectivity index (χ1) is 22.8. The van der Waals surface area contributed by atoms with Crippen molar-refractivity contribution in [2.45, 2.75) is 0 Å². The van der Waals surface area contributed by atoms with Crippen molar-refractivity contribution in [1.82, 2.24) is 19.1 Å². The molecular formula is C42H26N4. The van der Waals surface area contributed by atoms with E-state index in [-0.39, 0.29) is 0 Å². The van der Waals surface area contributed by atoms with Gasteiger partial charge in [-0.1, -0.05) is 109 Å². The van der Waals surface area contributed by atoms with Crippen LogP contribution in [0.5, 0.6) is 0 Å². The minimum atomic E-state index is 0.666. The number of para-hydroxylation sites is 4. The molecule has 0 bridgehead atoms. The van der Waals surface area contributed by atoms with Crippen molar-refractivity contribution in [1.29, 1.82) is 0 Å². The molecule has 0 fully saturated rings. The Morgan fingerprint density at radius 3 is 1.85 bits per heavy atom. The molecule has 3 heterocycles. The van der Waals surface area contributed by atoms with Gasteiger partial charge in [0.2, 0.25) is 5.95 Å². The fraction of sp³-hybridized carbons (Fsp3) is 0. The minimum Gasteiger partial charge on any atom is -0.309 e. The van der Waals surface area contributed by atoms with Crippen molar-refractivity contribution >= 4 is 65.3 Å². The maximum absolute atomic E-state index is 5.48. The van der Waals surface area contributed by atoms with Crippen LogP contribution in [0.2, 0.25) is 0 Å². The third-order valence-corrected chi connectivity index (χ3v) is 9.30. The lowest BCUT2D eigenvalue weighted by Gasteiger charge is -2.13. The van der Waals surface area contributed by atoms with E-state index >= 15 is 0 Å². The summed E-state index contributed by atoms with van der Waals surface area (Å²) in [6.07, 6.45) is 0. The third-order valence-electron chi connectivity index (χ3n) is 9.30. The van der Waals surface area contributed by atoms with E-state index in [1.165, 1.54) is 37.8 Å². The van der Waals surface area contributed by atoms with Gasteiger partial charge in [0.15, 0.2) is 0 Å². The topological polar surface area (TPSA) is 35.6 Å². The first-order valence-corrected chi connectivity index (χ1v) is 15.6. The lowest BCUT2D eigenvalue weighted by Crippen LogP contribution is -2.03. The van der Waals surface area contributed by atoms with Gasteiger partial charge in [-0.3, -0.25) is 4.57 Å². The number of benzene rings is 7. The van der Waals surface area contributed by atoms with Gasteiger partial charge in [0.1, 0.15) is 0 Å². The minimum absolute atomic E-state index is 0.666. The monoisotopic (exact) mass is 586 g/mol. The van der Waals surface area contributed by atoms with Gasteiger partial charge in [-0.2, -0.15) is 0 Å². The van der Waals surface area contributed by atoms with Crippen molar-refractivity contribution in [3.05, 3.63) is 158 Å². The molecular weight excluding hydrogens is 560 g/mol. The molecule has 0 saturated heterocycles. The number of aromatic nitrogens is 4. The summed E-state index contributed by atoms with van der Waals surface area (Å²) in [5, 5.41) is 8.21. The molecule has 0 amide bonds. The zero-order chi connectivity index (χ0) is 30.2. The maximum atomic E-state index is 5.48. The normalized spacial score (nSPS) is 11.9. The van der Waals surface area contributed by atoms with Crippen LogP contribution >= 0.6 is 0 Å². The van der Waals surface area contributed by atoms with Gasteiger partial charge in [-0.25, -0.2) is 9.97 Å². The summed E-state index contributed by atoms with van der Waals surface area (Å²) in [4.78, 5) is 10.7. The lowest BCUT2D eigenvalue weighted by molar-refractivity contribution is 1.01. The van der Waals surface area contributed by atoms with Crippen molar-refractivity contribution in [2.75, 3.05) is 0 Å². The maximum Gasteiger partial charge on any atom is 0.235 e. The number of hydrogen-bond acceptors (Lipinski definition) is 2. The number of rotatable bonds is 3. The quantitative estimate of drug-likeness (QED) is 0.206. The molecule has 0 atom stereocenters. The molecule has 0 aliphatic carbocycles. The highest BCUT2D eigenvalue weighted by molar-refractivity contribution is 6.18. The summed E-state index contributed by atoms with van der Waals surface area (Å²) in [5.41, 5.74) is 8.58. The van der Waals surface area contributed by atoms with Gasteiger partial charge in [-0.05, 0) is 59.3 Å². The Balaban J connectivity index is 1.33. The van der Waals surface area contributed by atoms with Crippen LogP contribution in [0, 0.1) is 0 Å². The van der Waals surface area contributed by atoms with Crippen LogP contribution in [0.3, 0.4) is 0 Å². The Morgan fingerprint density at radius 2 is 1.02 bits per heavy atom. The molecule has 4 nitrogen and oxygen atoms in total. The van der Waals surface area contributed by atoms with E-state index < -0.39 is 0 Å². The molecule has 46 heavy (non-hydrogen) atoms. The lowest BCUT2D eigenvalue weighted by atomic mass is 10.0. The fourth-order valence-corrected chi connectivity index (χ4v) is 7.31. The molecule has 7 aromatic carbocycles. The summed E-state index contributed by atoms with van der Waals surface area (Å²) in [6.45, 7) is 0. The Bertz CT molecular complexity index is 2810. The predicted molar refractivity (Wildman–Crippen MR) is 191 cm³/mol. The summed E-state index contributed by atoms with van der Waals surface area (Å²) in [6, 6.07) is 55.9. The molecule has 0 spiro atoms. The van der Waals surface area contributed by atoms with E-state index in [9.17, 15) is 0 Å². The molecule has 0 saturated carbocycles. The second kappa shape index (κ2) is 9.62. The summed E-state index contributed by atoms with van der Waals surface area (Å²) in [5.74, 6) is 0.666. The van der Waals surface area contributed by atoms with Gasteiger partial charge in [0.25, 0.3) is 0 Å². The van der Waals surface area contributed by atoms with E-state index in [2.05, 4.69) is 167 Å². The van der Waals surface area contributed by atoms with Crippen molar-refractivity contribution < 1.29 is 0 Å². The fourth-order valence-electron chi connectivity index (χ4n) is 7.31. The summed E-state index contributed by atoms with van der Waals surface area (Å²) >= 11 is 0. The van der Waals surface area contributed by atoms with Gasteiger partial charge in [0, 0.05) is 38.2 Å². The third kappa shape index (κ3) is 3.55. The first kappa shape index (κ1) is 25.1. The molecule has 0 unspecified atom stereocenters. The van der Waals surface area contributed by atoms with Gasteiger partial charge >= 0.3 is 0 Å². The van der Waals surface area contributed by atoms with Crippen LogP contribution in [0.1, 0.15) is 0 Å². The molecule has 0 radical (unpaired) electrons. The van der Waals surface area contributed by atoms with Crippen LogP contribution < -0.4 is 0 Å². The zero-order valence-electron chi connectivity index (χ0n) is 24.8. The van der Waals surface area contributed by atoms with Gasteiger partial charge < -0.3 is 4.57 Å². The molecule has 0 N–H and O–H groups in total. The largest absolute Gasteiger partial charge is 0.309 e. The van der Waals surface area contributed by atoms with E-state index in [0.29, 0.717) is 5.95 Å². The standard InChI is InChI=1S/C42H26N4/c1-2-15-29(16-3-1)45-37-23-11-8-19-32(37)40-33(20-12-24-38(40)45)41-31-18-6-9-21-35(31)43-42(44-41)46-36-22-10-7-17-30(36)34-25-27-13-4-5-14-28(27)26-39(34)46/h1-26H. The highest BCUT2D eigenvalue weighted by Crippen LogP contribution is 2.41. The average molecular weight is 587 g/mol. The van der Waals surface area contributed by atoms with Crippen molar-refractivity contribution in [2.24, 2.45) is 0 Å². The van der Waals surface area contributed by atoms with Crippen molar-refractivity contribution in [3.8, 4) is 22.9 Å². The van der Waals surface area contributed by atoms with Crippen LogP contribution in [-0.2, 0) is 0 Å². The van der Waals surface area contributed by atoms with E-state index in [0.717, 1.165) is 44.4 Å². The number of fused-ring (bicyclic) bond motifs is 8. The van der Waals surface area contributed by atoms with Crippen LogP contribution in [-0.4, -0.2) is 19.1 Å². The summed E-state index contributed by atoms with van der Waals surface area (Å²) in [7, 11) is 0. The molecule has 10 aromatic rings. The molecule has 214 valence electrons. The Morgan fingerprint density at radius 1 is 0.391 bits per heavy atom. The second-order valence-electron chi connectivity index (χ2n) is 11.8. The van der Waals surface area contributed by atoms with E-state index in [1.807, 2.05) is 0 Å². The Hall–Kier alpha value is -6.26. The van der Waals surface area contributed by atoms with E-state index in [1.54, 1.807) is 0 Å². The Kier molecular flexibility index (Phi) is 5.25. The molecule has 4 heteroatoms. The van der Waals surface area contributed by atoms with Gasteiger partial charge in [0.05, 0.1) is 33.3 Å². The van der Waals surface area contributed by atoms with Crippen LogP contribution in [0.15, 0.2) is 158 Å². The molecule has 10 rings (SSSR count). The number of nitrogens with zero attached hydrogens (tertiary/aromatic N) is 4. The zero-order valence-corrected chi connectivity index (χ0v) is 24.8. The highest BCUT2D eigenvalue weighted by atomic mass is 15.2. The SMILES string of the molecule is c1ccc(-n2c3ccccc3c3c(-c4nc(-n5c6ccccc6c6cc7ccccc7cc65)nc5ccccc45)cccc32)cc1. The smallest absolute Gasteiger partial charge is 0.235 e. The van der Waals surface area contributed by atoms with Crippen molar-refractivity contribution in [3.63, 3.8) is 0 Å². The molecule has 0 aliphatic heterocycles. The van der Waals surface area contributed by atoms with Crippen LogP contribution in [0.25, 0.3) is 88.2 Å². The highest BCUT2D eigenvalue weighted by Gasteiger charge is 2.21. The Labute approximate surface area is 264 Å². The summed E-state index contributed by atoms with van der Waals surface area (Å²) < 4.78 is 4.59. The molecule has 0 aliphatic rings. The predicted octanol–water partition coefficient (Wildman–Crippen LogP) is 10.6. The van der Waals surface area contributed by atoms with Crippen LogP contribution in [0.4, 0.5) is 0 Å². The molecule has 3 aromatic heterocycles. The number of hydrogen-bond donors (Lipinski definition) is 0. The average Bonchev–Trinajstić information content (AvgIpc) is 3.63. The van der Waals surface area contributed by atoms with Gasteiger partial charge in [-0.15, -0.1) is 0 Å².